The maximum atomic E-state index is 13.5. The number of nitrogens with one attached hydrogen (secondary N) is 2. The molecule has 1 aliphatic carbocycles. The minimum atomic E-state index is -4.91. The molecule has 0 saturated heterocycles. The minimum Gasteiger partial charge on any atom is -0.481 e. The van der Waals surface area contributed by atoms with Crippen molar-refractivity contribution in [2.24, 2.45) is 5.92 Å². The Morgan fingerprint density at radius 3 is 1.97 bits per heavy atom. The molecule has 0 aromatic heterocycles. The Hall–Kier alpha value is -3.56. The van der Waals surface area contributed by atoms with E-state index < -0.39 is 49.1 Å². The first-order valence-corrected chi connectivity index (χ1v) is 11.2. The Labute approximate surface area is 200 Å². The molecule has 0 bridgehead atoms. The smallest absolute Gasteiger partial charge is 0.409 e. The van der Waals surface area contributed by atoms with E-state index in [2.05, 4.69) is 5.32 Å². The van der Waals surface area contributed by atoms with Crippen molar-refractivity contribution in [3.05, 3.63) is 59.7 Å². The van der Waals surface area contributed by atoms with Crippen molar-refractivity contribution in [1.29, 1.82) is 0 Å². The molecule has 0 heterocycles. The Balaban J connectivity index is 1.64. The Bertz CT molecular complexity index is 1040. The van der Waals surface area contributed by atoms with E-state index in [0.29, 0.717) is 0 Å². The standard InChI is InChI=1S/C25H27F3N2O5/c1-14(2)20(11-23(32)33)29-22(31)12-21(25(26,27)28)30-24(34)35-13-19-17-9-5-3-7-15(17)16-8-4-6-10-18(16)19/h3-10,14,19-21H,11-13H2,1-2H3,(H,29,31)(H,30,34)(H,32,33). The summed E-state index contributed by atoms with van der Waals surface area (Å²) in [6.07, 6.45) is -7.74. The van der Waals surface area contributed by atoms with E-state index in [1.54, 1.807) is 19.2 Å². The largest absolute Gasteiger partial charge is 0.481 e. The predicted octanol–water partition coefficient (Wildman–Crippen LogP) is 4.46. The van der Waals surface area contributed by atoms with E-state index in [0.717, 1.165) is 22.3 Å². The molecule has 2 aromatic carbocycles. The van der Waals surface area contributed by atoms with Crippen molar-refractivity contribution in [3.63, 3.8) is 0 Å². The van der Waals surface area contributed by atoms with Crippen molar-refractivity contribution >= 4 is 18.0 Å². The van der Waals surface area contributed by atoms with Gasteiger partial charge >= 0.3 is 18.2 Å². The van der Waals surface area contributed by atoms with Gasteiger partial charge in [-0.1, -0.05) is 62.4 Å². The van der Waals surface area contributed by atoms with Crippen LogP contribution in [0.4, 0.5) is 18.0 Å². The zero-order valence-electron chi connectivity index (χ0n) is 19.3. The monoisotopic (exact) mass is 492 g/mol. The van der Waals surface area contributed by atoms with E-state index in [1.807, 2.05) is 48.5 Å². The first kappa shape index (κ1) is 26.1. The molecule has 0 saturated carbocycles. The van der Waals surface area contributed by atoms with Gasteiger partial charge in [0.05, 0.1) is 12.8 Å². The van der Waals surface area contributed by atoms with Crippen molar-refractivity contribution < 1.29 is 37.4 Å². The summed E-state index contributed by atoms with van der Waals surface area (Å²) < 4.78 is 45.8. The highest BCUT2D eigenvalue weighted by Crippen LogP contribution is 2.44. The number of benzene rings is 2. The number of halogens is 3. The van der Waals surface area contributed by atoms with Gasteiger partial charge in [-0.15, -0.1) is 0 Å². The van der Waals surface area contributed by atoms with Crippen LogP contribution in [0.1, 0.15) is 43.7 Å². The quantitative estimate of drug-likeness (QED) is 0.479. The van der Waals surface area contributed by atoms with Gasteiger partial charge < -0.3 is 20.5 Å². The number of carboxylic acids is 1. The molecule has 0 spiro atoms. The summed E-state index contributed by atoms with van der Waals surface area (Å²) in [5.74, 6) is -2.85. The van der Waals surface area contributed by atoms with Gasteiger partial charge in [-0.2, -0.15) is 13.2 Å². The summed E-state index contributed by atoms with van der Waals surface area (Å²) in [4.78, 5) is 35.5. The highest BCUT2D eigenvalue weighted by atomic mass is 19.4. The number of rotatable bonds is 9. The zero-order valence-corrected chi connectivity index (χ0v) is 19.3. The van der Waals surface area contributed by atoms with Crippen LogP contribution in [0, 0.1) is 5.92 Å². The first-order chi connectivity index (χ1) is 16.5. The number of aliphatic carboxylic acids is 1. The van der Waals surface area contributed by atoms with Crippen LogP contribution in [0.25, 0.3) is 11.1 Å². The van der Waals surface area contributed by atoms with Gasteiger partial charge in [0, 0.05) is 12.0 Å². The van der Waals surface area contributed by atoms with Crippen LogP contribution < -0.4 is 10.6 Å². The number of alkyl carbamates (subject to hydrolysis) is 1. The second kappa shape index (κ2) is 10.8. The molecule has 0 radical (unpaired) electrons. The number of hydrogen-bond donors (Lipinski definition) is 3. The lowest BCUT2D eigenvalue weighted by Crippen LogP contribution is -2.50. The van der Waals surface area contributed by atoms with Crippen LogP contribution in [-0.4, -0.2) is 47.9 Å². The second-order valence-electron chi connectivity index (χ2n) is 8.78. The summed E-state index contributed by atoms with van der Waals surface area (Å²) in [5.41, 5.74) is 3.77. The number of carbonyl (C=O) groups excluding carboxylic acids is 2. The van der Waals surface area contributed by atoms with Crippen molar-refractivity contribution in [3.8, 4) is 11.1 Å². The molecular weight excluding hydrogens is 465 g/mol. The van der Waals surface area contributed by atoms with E-state index in [1.165, 1.54) is 0 Å². The van der Waals surface area contributed by atoms with Gasteiger partial charge in [0.1, 0.15) is 12.6 Å². The zero-order chi connectivity index (χ0) is 25.8. The van der Waals surface area contributed by atoms with Crippen LogP contribution in [0.3, 0.4) is 0 Å². The molecule has 2 atom stereocenters. The molecule has 2 unspecified atom stereocenters. The van der Waals surface area contributed by atoms with Crippen molar-refractivity contribution in [2.75, 3.05) is 6.61 Å². The molecule has 2 amide bonds. The maximum absolute atomic E-state index is 13.5. The lowest BCUT2D eigenvalue weighted by Gasteiger charge is -2.24. The summed E-state index contributed by atoms with van der Waals surface area (Å²) in [6.45, 7) is 3.11. The average molecular weight is 492 g/mol. The number of amides is 2. The van der Waals surface area contributed by atoms with Gasteiger partial charge in [-0.3, -0.25) is 9.59 Å². The Morgan fingerprint density at radius 2 is 1.49 bits per heavy atom. The van der Waals surface area contributed by atoms with Crippen molar-refractivity contribution in [2.45, 2.75) is 50.9 Å². The molecule has 1 aliphatic rings. The molecule has 3 N–H and O–H groups in total. The maximum Gasteiger partial charge on any atom is 0.409 e. The number of ether oxygens (including phenoxy) is 1. The van der Waals surface area contributed by atoms with Gasteiger partial charge in [0.25, 0.3) is 0 Å². The number of fused-ring (bicyclic) bond motifs is 3. The van der Waals surface area contributed by atoms with Crippen LogP contribution in [0.15, 0.2) is 48.5 Å². The predicted molar refractivity (Wildman–Crippen MR) is 122 cm³/mol. The lowest BCUT2D eigenvalue weighted by atomic mass is 9.98. The molecule has 35 heavy (non-hydrogen) atoms. The molecule has 2 aromatic rings. The second-order valence-corrected chi connectivity index (χ2v) is 8.78. The van der Waals surface area contributed by atoms with E-state index >= 15 is 0 Å². The van der Waals surface area contributed by atoms with Crippen LogP contribution in [-0.2, 0) is 14.3 Å². The van der Waals surface area contributed by atoms with Gasteiger partial charge in [-0.25, -0.2) is 4.79 Å². The molecule has 10 heteroatoms. The fraction of sp³-hybridized carbons (Fsp3) is 0.400. The molecule has 0 aliphatic heterocycles. The number of carboxylic acid groups (broad SMARTS) is 1. The van der Waals surface area contributed by atoms with Gasteiger partial charge in [0.15, 0.2) is 0 Å². The average Bonchev–Trinajstić information content (AvgIpc) is 3.09. The van der Waals surface area contributed by atoms with Gasteiger partial charge in [-0.05, 0) is 28.2 Å². The molecule has 3 rings (SSSR count). The number of hydrogen-bond acceptors (Lipinski definition) is 4. The van der Waals surface area contributed by atoms with Crippen molar-refractivity contribution in [1.82, 2.24) is 10.6 Å². The third-order valence-electron chi connectivity index (χ3n) is 5.97. The van der Waals surface area contributed by atoms with E-state index in [-0.39, 0.29) is 18.4 Å². The fourth-order valence-electron chi connectivity index (χ4n) is 4.12. The first-order valence-electron chi connectivity index (χ1n) is 11.2. The third-order valence-corrected chi connectivity index (χ3v) is 5.97. The Kier molecular flexibility index (Phi) is 8.03. The Morgan fingerprint density at radius 1 is 0.943 bits per heavy atom. The summed E-state index contributed by atoms with van der Waals surface area (Å²) in [7, 11) is 0. The van der Waals surface area contributed by atoms with E-state index in [4.69, 9.17) is 9.84 Å². The number of alkyl halides is 3. The molecule has 188 valence electrons. The van der Waals surface area contributed by atoms with Crippen LogP contribution in [0.5, 0.6) is 0 Å². The van der Waals surface area contributed by atoms with Crippen LogP contribution >= 0.6 is 0 Å². The van der Waals surface area contributed by atoms with Gasteiger partial charge in [0.2, 0.25) is 5.91 Å². The lowest BCUT2D eigenvalue weighted by molar-refractivity contribution is -0.160. The SMILES string of the molecule is CC(C)C(CC(=O)O)NC(=O)CC(NC(=O)OCC1c2ccccc2-c2ccccc21)C(F)(F)F. The molecular formula is C25H27F3N2O5. The van der Waals surface area contributed by atoms with E-state index in [9.17, 15) is 27.6 Å². The number of carbonyl (C=O) groups is 3. The summed E-state index contributed by atoms with van der Waals surface area (Å²) in [5, 5.41) is 13.0. The third kappa shape index (κ3) is 6.52. The van der Waals surface area contributed by atoms with Crippen LogP contribution in [0.2, 0.25) is 0 Å². The minimum absolute atomic E-state index is 0.176. The summed E-state index contributed by atoms with van der Waals surface area (Å²) >= 11 is 0. The molecule has 7 nitrogen and oxygen atoms in total. The topological polar surface area (TPSA) is 105 Å². The molecule has 0 fully saturated rings. The fourth-order valence-corrected chi connectivity index (χ4v) is 4.12. The highest BCUT2D eigenvalue weighted by molar-refractivity contribution is 5.80. The summed E-state index contributed by atoms with van der Waals surface area (Å²) in [6, 6.07) is 11.7. The highest BCUT2D eigenvalue weighted by Gasteiger charge is 2.43. The normalized spacial score (nSPS) is 14.6.